The van der Waals surface area contributed by atoms with Gasteiger partial charge >= 0.3 is 35.8 Å². The van der Waals surface area contributed by atoms with Crippen LogP contribution in [0, 0.1) is 0 Å². The van der Waals surface area contributed by atoms with E-state index < -0.39 is 116 Å². The standard InChI is InChI=1S/C37H45NO17/c1-18(39)38-30-33(55-37-35(52-24(7)45)34(51-23(6)44)32(50-22(5)43)29(54-37)17-47-20(3)41)31(49-21(4)42)28(16-46-19(2)40)53-36(30)48-15-25-12-13-26-10-8-9-11-27(26)14-25/h8-14,28-37H,15-17H2,1-7H3,(H,38,39)/t28-,29-,30-,31+,32+,33-,34+,35-,36+,37+/m1/s1. The van der Waals surface area contributed by atoms with Gasteiger partial charge in [-0.1, -0.05) is 36.4 Å². The highest BCUT2D eigenvalue weighted by atomic mass is 16.8. The molecule has 2 aliphatic heterocycles. The highest BCUT2D eigenvalue weighted by Gasteiger charge is 2.57. The van der Waals surface area contributed by atoms with Gasteiger partial charge in [-0.3, -0.25) is 33.6 Å². The number of fused-ring (bicyclic) bond motifs is 1. The van der Waals surface area contributed by atoms with Gasteiger partial charge in [-0.15, -0.1) is 0 Å². The summed E-state index contributed by atoms with van der Waals surface area (Å²) in [4.78, 5) is 86.3. The van der Waals surface area contributed by atoms with E-state index in [4.69, 9.17) is 47.4 Å². The molecular weight excluding hydrogens is 730 g/mol. The van der Waals surface area contributed by atoms with Crippen molar-refractivity contribution in [1.29, 1.82) is 0 Å². The van der Waals surface area contributed by atoms with Gasteiger partial charge in [-0.2, -0.15) is 0 Å². The van der Waals surface area contributed by atoms with Crippen molar-refractivity contribution in [3.63, 3.8) is 0 Å². The Hall–Kier alpha value is -5.17. The third-order valence-electron chi connectivity index (χ3n) is 8.24. The van der Waals surface area contributed by atoms with Gasteiger partial charge in [-0.25, -0.2) is 0 Å². The summed E-state index contributed by atoms with van der Waals surface area (Å²) in [5.74, 6) is -5.47. The maximum absolute atomic E-state index is 12.8. The number of hydrogen-bond acceptors (Lipinski definition) is 17. The minimum absolute atomic E-state index is 0.0596. The molecule has 18 heteroatoms. The first-order valence-electron chi connectivity index (χ1n) is 17.3. The number of ether oxygens (including phenoxy) is 10. The Morgan fingerprint density at radius 1 is 0.564 bits per heavy atom. The Bertz CT molecular complexity index is 1730. The lowest BCUT2D eigenvalue weighted by Crippen LogP contribution is -2.69. The lowest BCUT2D eigenvalue weighted by atomic mass is 9.94. The van der Waals surface area contributed by atoms with Crippen LogP contribution in [0.15, 0.2) is 42.5 Å². The first-order valence-corrected chi connectivity index (χ1v) is 17.3. The van der Waals surface area contributed by atoms with E-state index in [0.29, 0.717) is 0 Å². The Kier molecular flexibility index (Phi) is 15.0. The molecule has 1 amide bonds. The van der Waals surface area contributed by atoms with Crippen molar-refractivity contribution in [2.24, 2.45) is 0 Å². The zero-order valence-corrected chi connectivity index (χ0v) is 31.4. The largest absolute Gasteiger partial charge is 0.463 e. The summed E-state index contributed by atoms with van der Waals surface area (Å²) in [5.41, 5.74) is 0.722. The molecule has 0 aromatic heterocycles. The number of carbonyl (C=O) groups is 7. The molecule has 0 unspecified atom stereocenters. The van der Waals surface area contributed by atoms with Gasteiger partial charge in [-0.05, 0) is 22.4 Å². The topological polar surface area (TPSA) is 224 Å². The zero-order valence-electron chi connectivity index (χ0n) is 31.4. The zero-order chi connectivity index (χ0) is 40.4. The SMILES string of the molecule is CC(=O)N[C@H]1[C@@H](OCc2ccc3ccccc3c2)O[C@H](COC(C)=O)[C@H](OC(C)=O)[C@@H]1O[C@@H]1O[C@H](COC(C)=O)[C@H](OC(C)=O)[C@H](OC(C)=O)[C@H]1OC(C)=O. The summed E-state index contributed by atoms with van der Waals surface area (Å²) in [5, 5.41) is 4.63. The maximum atomic E-state index is 12.8. The fraction of sp³-hybridized carbons (Fsp3) is 0.541. The van der Waals surface area contributed by atoms with Crippen molar-refractivity contribution in [1.82, 2.24) is 5.32 Å². The number of rotatable bonds is 14. The third kappa shape index (κ3) is 12.2. The van der Waals surface area contributed by atoms with Crippen LogP contribution in [0.25, 0.3) is 10.8 Å². The highest BCUT2D eigenvalue weighted by Crippen LogP contribution is 2.35. The number of hydrogen-bond donors (Lipinski definition) is 1. The molecule has 1 N–H and O–H groups in total. The summed E-state index contributed by atoms with van der Waals surface area (Å²) in [6.45, 7) is 6.67. The second kappa shape index (κ2) is 19.4. The molecule has 0 spiro atoms. The van der Waals surface area contributed by atoms with Crippen LogP contribution in [0.5, 0.6) is 0 Å². The van der Waals surface area contributed by atoms with Gasteiger partial charge in [0.1, 0.15) is 37.6 Å². The number of carbonyl (C=O) groups excluding carboxylic acids is 7. The first kappa shape index (κ1) is 42.6. The van der Waals surface area contributed by atoms with Crippen LogP contribution in [0.4, 0.5) is 0 Å². The summed E-state index contributed by atoms with van der Waals surface area (Å²) < 4.78 is 57.7. The quantitative estimate of drug-likeness (QED) is 0.212. The normalized spacial score (nSPS) is 27.5. The molecule has 0 aliphatic carbocycles. The average Bonchev–Trinajstić information content (AvgIpc) is 3.09. The second-order valence-corrected chi connectivity index (χ2v) is 12.8. The third-order valence-corrected chi connectivity index (χ3v) is 8.24. The number of esters is 6. The monoisotopic (exact) mass is 775 g/mol. The second-order valence-electron chi connectivity index (χ2n) is 12.8. The van der Waals surface area contributed by atoms with Crippen LogP contribution in [0.2, 0.25) is 0 Å². The number of amides is 1. The van der Waals surface area contributed by atoms with E-state index in [1.165, 1.54) is 6.92 Å². The fourth-order valence-corrected chi connectivity index (χ4v) is 6.22. The molecule has 18 nitrogen and oxygen atoms in total. The van der Waals surface area contributed by atoms with Gasteiger partial charge in [0.05, 0.1) is 6.61 Å². The predicted octanol–water partition coefficient (Wildman–Crippen LogP) is 1.55. The Labute approximate surface area is 316 Å². The lowest BCUT2D eigenvalue weighted by Gasteiger charge is -2.49. The smallest absolute Gasteiger partial charge is 0.303 e. The number of nitrogens with one attached hydrogen (secondary N) is 1. The average molecular weight is 776 g/mol. The van der Waals surface area contributed by atoms with Crippen molar-refractivity contribution in [3.8, 4) is 0 Å². The van der Waals surface area contributed by atoms with Crippen molar-refractivity contribution >= 4 is 52.5 Å². The Balaban J connectivity index is 1.81. The van der Waals surface area contributed by atoms with Gasteiger partial charge in [0.25, 0.3) is 0 Å². The van der Waals surface area contributed by atoms with E-state index in [9.17, 15) is 33.6 Å². The summed E-state index contributed by atoms with van der Waals surface area (Å²) in [7, 11) is 0. The van der Waals surface area contributed by atoms with Crippen molar-refractivity contribution < 1.29 is 80.9 Å². The van der Waals surface area contributed by atoms with E-state index in [1.807, 2.05) is 42.5 Å². The summed E-state index contributed by atoms with van der Waals surface area (Å²) >= 11 is 0. The molecule has 2 fully saturated rings. The molecule has 55 heavy (non-hydrogen) atoms. The summed E-state index contributed by atoms with van der Waals surface area (Å²) in [6.07, 6.45) is -13.6. The van der Waals surface area contributed by atoms with Crippen LogP contribution in [-0.4, -0.2) is 116 Å². The molecule has 0 bridgehead atoms. The minimum atomic E-state index is -1.77. The molecule has 10 atom stereocenters. The number of benzene rings is 2. The molecule has 2 aliphatic rings. The molecule has 2 aromatic carbocycles. The van der Waals surface area contributed by atoms with Crippen LogP contribution in [0.3, 0.4) is 0 Å². The van der Waals surface area contributed by atoms with Crippen molar-refractivity contribution in [2.45, 2.75) is 116 Å². The van der Waals surface area contributed by atoms with E-state index >= 15 is 0 Å². The Morgan fingerprint density at radius 2 is 1.05 bits per heavy atom. The lowest BCUT2D eigenvalue weighted by molar-refractivity contribution is -0.348. The van der Waals surface area contributed by atoms with Crippen LogP contribution in [0.1, 0.15) is 54.0 Å². The first-order chi connectivity index (χ1) is 26.0. The molecule has 2 aromatic rings. The fourth-order valence-electron chi connectivity index (χ4n) is 6.22. The van der Waals surface area contributed by atoms with E-state index in [0.717, 1.165) is 57.9 Å². The molecule has 0 saturated carbocycles. The van der Waals surface area contributed by atoms with E-state index in [-0.39, 0.29) is 6.61 Å². The molecule has 0 radical (unpaired) electrons. The molecule has 300 valence electrons. The molecule has 2 heterocycles. The van der Waals surface area contributed by atoms with Gasteiger partial charge in [0, 0.05) is 48.5 Å². The highest BCUT2D eigenvalue weighted by molar-refractivity contribution is 5.83. The van der Waals surface area contributed by atoms with Crippen LogP contribution >= 0.6 is 0 Å². The molecular formula is C37H45NO17. The van der Waals surface area contributed by atoms with Gasteiger partial charge < -0.3 is 52.7 Å². The van der Waals surface area contributed by atoms with E-state index in [1.54, 1.807) is 0 Å². The Morgan fingerprint density at radius 3 is 1.58 bits per heavy atom. The van der Waals surface area contributed by atoms with Crippen LogP contribution in [-0.2, 0) is 87.5 Å². The van der Waals surface area contributed by atoms with Gasteiger partial charge in [0.2, 0.25) is 5.91 Å². The predicted molar refractivity (Wildman–Crippen MR) is 184 cm³/mol. The molecule has 2 saturated heterocycles. The van der Waals surface area contributed by atoms with Gasteiger partial charge in [0.15, 0.2) is 37.0 Å². The maximum Gasteiger partial charge on any atom is 0.303 e. The van der Waals surface area contributed by atoms with Crippen molar-refractivity contribution in [2.75, 3.05) is 13.2 Å². The minimum Gasteiger partial charge on any atom is -0.463 e. The van der Waals surface area contributed by atoms with Crippen LogP contribution < -0.4 is 5.32 Å². The van der Waals surface area contributed by atoms with E-state index in [2.05, 4.69) is 5.32 Å². The molecule has 4 rings (SSSR count). The van der Waals surface area contributed by atoms with Crippen molar-refractivity contribution in [3.05, 3.63) is 48.0 Å². The summed E-state index contributed by atoms with van der Waals surface area (Å²) in [6, 6.07) is 12.0.